The van der Waals surface area contributed by atoms with Gasteiger partial charge in [-0.3, -0.25) is 4.79 Å². The van der Waals surface area contributed by atoms with Gasteiger partial charge in [0, 0.05) is 18.2 Å². The zero-order valence-electron chi connectivity index (χ0n) is 12.4. The molecule has 1 aromatic carbocycles. The van der Waals surface area contributed by atoms with Crippen LogP contribution in [0.4, 0.5) is 0 Å². The van der Waals surface area contributed by atoms with Crippen LogP contribution < -0.4 is 20.5 Å². The molecule has 0 spiro atoms. The zero-order chi connectivity index (χ0) is 15.0. The average Bonchev–Trinajstić information content (AvgIpc) is 2.45. The Morgan fingerprint density at radius 3 is 2.70 bits per heavy atom. The van der Waals surface area contributed by atoms with Gasteiger partial charge in [0.05, 0.1) is 6.61 Å². The molecule has 0 aliphatic rings. The molecule has 0 aliphatic heterocycles. The number of hydrogen-bond donors (Lipinski definition) is 2. The van der Waals surface area contributed by atoms with Crippen molar-refractivity contribution in [2.45, 2.75) is 39.8 Å². The van der Waals surface area contributed by atoms with Gasteiger partial charge in [-0.05, 0) is 26.3 Å². The predicted molar refractivity (Wildman–Crippen MR) is 78.9 cm³/mol. The number of carbonyl (C=O) groups excluding carboxylic acids is 1. The highest BCUT2D eigenvalue weighted by molar-refractivity contribution is 5.78. The first-order valence-electron chi connectivity index (χ1n) is 6.99. The van der Waals surface area contributed by atoms with E-state index in [1.54, 1.807) is 0 Å². The van der Waals surface area contributed by atoms with Crippen LogP contribution in [0.1, 0.15) is 32.8 Å². The van der Waals surface area contributed by atoms with E-state index < -0.39 is 0 Å². The molecule has 1 aromatic rings. The van der Waals surface area contributed by atoms with Crippen LogP contribution in [0.15, 0.2) is 18.2 Å². The number of amides is 1. The molecule has 0 aromatic heterocycles. The molecule has 0 fully saturated rings. The highest BCUT2D eigenvalue weighted by atomic mass is 16.5. The Bertz CT molecular complexity index is 435. The van der Waals surface area contributed by atoms with E-state index >= 15 is 0 Å². The van der Waals surface area contributed by atoms with E-state index in [1.807, 2.05) is 39.0 Å². The Morgan fingerprint density at radius 1 is 1.35 bits per heavy atom. The Hall–Kier alpha value is -1.75. The van der Waals surface area contributed by atoms with Crippen LogP contribution in [0.3, 0.4) is 0 Å². The Kier molecular flexibility index (Phi) is 6.87. The Balaban J connectivity index is 2.72. The van der Waals surface area contributed by atoms with Crippen molar-refractivity contribution in [2.24, 2.45) is 5.73 Å². The highest BCUT2D eigenvalue weighted by Gasteiger charge is 2.13. The van der Waals surface area contributed by atoms with E-state index in [0.717, 1.165) is 12.0 Å². The summed E-state index contributed by atoms with van der Waals surface area (Å²) in [6, 6.07) is 5.68. The molecule has 5 heteroatoms. The molecule has 0 radical (unpaired) electrons. The molecule has 0 bridgehead atoms. The lowest BCUT2D eigenvalue weighted by Crippen LogP contribution is -2.35. The minimum atomic E-state index is -0.145. The first-order chi connectivity index (χ1) is 9.62. The molecule has 112 valence electrons. The number of nitrogens with two attached hydrogens (primary N) is 1. The summed E-state index contributed by atoms with van der Waals surface area (Å²) in [6.07, 6.45) is 0.884. The van der Waals surface area contributed by atoms with Gasteiger partial charge >= 0.3 is 0 Å². The number of benzene rings is 1. The summed E-state index contributed by atoms with van der Waals surface area (Å²) in [5, 5.41) is 2.85. The molecule has 0 heterocycles. The third kappa shape index (κ3) is 4.74. The molecule has 0 saturated heterocycles. The number of carbonyl (C=O) groups is 1. The number of para-hydroxylation sites is 1. The molecule has 20 heavy (non-hydrogen) atoms. The summed E-state index contributed by atoms with van der Waals surface area (Å²) in [6.45, 7) is 6.70. The van der Waals surface area contributed by atoms with Gasteiger partial charge in [-0.1, -0.05) is 19.1 Å². The van der Waals surface area contributed by atoms with Crippen LogP contribution in [0.2, 0.25) is 0 Å². The average molecular weight is 280 g/mol. The maximum Gasteiger partial charge on any atom is 0.258 e. The molecule has 0 saturated carbocycles. The fraction of sp³-hybridized carbons (Fsp3) is 0.533. The molecule has 0 aliphatic carbocycles. The van der Waals surface area contributed by atoms with Crippen molar-refractivity contribution in [3.63, 3.8) is 0 Å². The van der Waals surface area contributed by atoms with Crippen molar-refractivity contribution in [1.82, 2.24) is 5.32 Å². The molecule has 1 unspecified atom stereocenters. The van der Waals surface area contributed by atoms with Gasteiger partial charge in [0.25, 0.3) is 5.91 Å². The molecular weight excluding hydrogens is 256 g/mol. The lowest BCUT2D eigenvalue weighted by Gasteiger charge is -2.16. The fourth-order valence-corrected chi connectivity index (χ4v) is 1.71. The number of rotatable bonds is 8. The van der Waals surface area contributed by atoms with E-state index in [4.69, 9.17) is 15.2 Å². The zero-order valence-corrected chi connectivity index (χ0v) is 12.4. The first kappa shape index (κ1) is 16.3. The molecule has 3 N–H and O–H groups in total. The standard InChI is InChI=1S/C15H24N2O3/c1-4-11(3)17-14(18)10-20-15-12(9-16)7-6-8-13(15)19-5-2/h6-8,11H,4-5,9-10,16H2,1-3H3,(H,17,18). The maximum atomic E-state index is 11.7. The summed E-state index contributed by atoms with van der Waals surface area (Å²) < 4.78 is 11.1. The molecule has 1 atom stereocenters. The van der Waals surface area contributed by atoms with Gasteiger partial charge < -0.3 is 20.5 Å². The molecular formula is C15H24N2O3. The van der Waals surface area contributed by atoms with Crippen molar-refractivity contribution in [3.05, 3.63) is 23.8 Å². The Morgan fingerprint density at radius 2 is 2.10 bits per heavy atom. The van der Waals surface area contributed by atoms with E-state index in [9.17, 15) is 4.79 Å². The summed E-state index contributed by atoms with van der Waals surface area (Å²) in [5.41, 5.74) is 6.51. The third-order valence-corrected chi connectivity index (χ3v) is 2.95. The number of hydrogen-bond acceptors (Lipinski definition) is 4. The maximum absolute atomic E-state index is 11.7. The van der Waals surface area contributed by atoms with Crippen molar-refractivity contribution >= 4 is 5.91 Å². The van der Waals surface area contributed by atoms with Crippen molar-refractivity contribution < 1.29 is 14.3 Å². The van der Waals surface area contributed by atoms with Gasteiger partial charge in [-0.25, -0.2) is 0 Å². The van der Waals surface area contributed by atoms with Crippen molar-refractivity contribution in [2.75, 3.05) is 13.2 Å². The van der Waals surface area contributed by atoms with Crippen LogP contribution in [0.5, 0.6) is 11.5 Å². The van der Waals surface area contributed by atoms with Crippen LogP contribution in [-0.4, -0.2) is 25.2 Å². The minimum absolute atomic E-state index is 0.0403. The number of ether oxygens (including phenoxy) is 2. The smallest absolute Gasteiger partial charge is 0.258 e. The summed E-state index contributed by atoms with van der Waals surface area (Å²) in [5.74, 6) is 1.02. The van der Waals surface area contributed by atoms with Crippen LogP contribution >= 0.6 is 0 Å². The second kappa shape index (κ2) is 8.43. The van der Waals surface area contributed by atoms with E-state index in [2.05, 4.69) is 5.32 Å². The van der Waals surface area contributed by atoms with Gasteiger partial charge in [0.15, 0.2) is 18.1 Å². The molecule has 1 rings (SSSR count). The van der Waals surface area contributed by atoms with Crippen LogP contribution in [-0.2, 0) is 11.3 Å². The monoisotopic (exact) mass is 280 g/mol. The van der Waals surface area contributed by atoms with E-state index in [1.165, 1.54) is 0 Å². The summed E-state index contributed by atoms with van der Waals surface area (Å²) in [7, 11) is 0. The van der Waals surface area contributed by atoms with Gasteiger partial charge in [0.1, 0.15) is 0 Å². The van der Waals surface area contributed by atoms with Crippen molar-refractivity contribution in [3.8, 4) is 11.5 Å². The summed E-state index contributed by atoms with van der Waals surface area (Å²) in [4.78, 5) is 11.7. The van der Waals surface area contributed by atoms with E-state index in [-0.39, 0.29) is 18.6 Å². The fourth-order valence-electron chi connectivity index (χ4n) is 1.71. The van der Waals surface area contributed by atoms with E-state index in [0.29, 0.717) is 24.7 Å². The lowest BCUT2D eigenvalue weighted by molar-refractivity contribution is -0.123. The van der Waals surface area contributed by atoms with Crippen LogP contribution in [0.25, 0.3) is 0 Å². The molecule has 5 nitrogen and oxygen atoms in total. The van der Waals surface area contributed by atoms with Crippen LogP contribution in [0, 0.1) is 0 Å². The Labute approximate surface area is 120 Å². The topological polar surface area (TPSA) is 73.6 Å². The summed E-state index contributed by atoms with van der Waals surface area (Å²) >= 11 is 0. The SMILES string of the molecule is CCOc1cccc(CN)c1OCC(=O)NC(C)CC. The first-order valence-corrected chi connectivity index (χ1v) is 6.99. The normalized spacial score (nSPS) is 11.8. The lowest BCUT2D eigenvalue weighted by atomic mass is 10.2. The minimum Gasteiger partial charge on any atom is -0.490 e. The largest absolute Gasteiger partial charge is 0.490 e. The van der Waals surface area contributed by atoms with Gasteiger partial charge in [-0.2, -0.15) is 0 Å². The second-order valence-corrected chi connectivity index (χ2v) is 4.55. The van der Waals surface area contributed by atoms with Crippen molar-refractivity contribution in [1.29, 1.82) is 0 Å². The highest BCUT2D eigenvalue weighted by Crippen LogP contribution is 2.31. The number of nitrogens with one attached hydrogen (secondary N) is 1. The predicted octanol–water partition coefficient (Wildman–Crippen LogP) is 1.84. The van der Waals surface area contributed by atoms with Gasteiger partial charge in [0.2, 0.25) is 0 Å². The molecule has 1 amide bonds. The quantitative estimate of drug-likeness (QED) is 0.762. The second-order valence-electron chi connectivity index (χ2n) is 4.55. The van der Waals surface area contributed by atoms with Gasteiger partial charge in [-0.15, -0.1) is 0 Å². The third-order valence-electron chi connectivity index (χ3n) is 2.95.